The molecular weight excluding hydrogens is 270 g/mol. The molecule has 0 saturated heterocycles. The molecule has 0 spiro atoms. The second-order valence-electron chi connectivity index (χ2n) is 6.16. The quantitative estimate of drug-likeness (QED) is 0.794. The molecule has 1 N–H and O–H groups in total. The summed E-state index contributed by atoms with van der Waals surface area (Å²) in [5.41, 5.74) is 2.56. The van der Waals surface area contributed by atoms with E-state index in [-0.39, 0.29) is 0 Å². The van der Waals surface area contributed by atoms with E-state index in [9.17, 15) is 0 Å². The zero-order valence-corrected chi connectivity index (χ0v) is 13.3. The number of rotatable bonds is 5. The molecule has 1 aliphatic rings. The van der Waals surface area contributed by atoms with Crippen LogP contribution in [0, 0.1) is 5.92 Å². The average Bonchev–Trinajstić information content (AvgIpc) is 2.62. The molecule has 1 fully saturated rings. The minimum atomic E-state index is 0.398. The van der Waals surface area contributed by atoms with Crippen LogP contribution >= 0.6 is 0 Å². The minimum absolute atomic E-state index is 0.398. The second-order valence-corrected chi connectivity index (χ2v) is 6.16. The Labute approximate surface area is 133 Å². The van der Waals surface area contributed by atoms with E-state index in [2.05, 4.69) is 47.8 Å². The average molecular weight is 295 g/mol. The summed E-state index contributed by atoms with van der Waals surface area (Å²) in [4.78, 5) is 0. The molecule has 0 heterocycles. The largest absolute Gasteiger partial charge is 0.497 e. The van der Waals surface area contributed by atoms with Crippen molar-refractivity contribution in [2.75, 3.05) is 12.4 Å². The van der Waals surface area contributed by atoms with Crippen LogP contribution in [0.15, 0.2) is 54.6 Å². The van der Waals surface area contributed by atoms with Crippen molar-refractivity contribution in [3.8, 4) is 5.75 Å². The number of hydrogen-bond donors (Lipinski definition) is 1. The molecule has 0 radical (unpaired) electrons. The molecule has 2 aromatic rings. The second kappa shape index (κ2) is 7.35. The highest BCUT2D eigenvalue weighted by molar-refractivity contribution is 5.48. The Hall–Kier alpha value is -1.96. The molecule has 0 bridgehead atoms. The zero-order valence-electron chi connectivity index (χ0n) is 13.3. The van der Waals surface area contributed by atoms with Crippen molar-refractivity contribution < 1.29 is 4.74 Å². The summed E-state index contributed by atoms with van der Waals surface area (Å²) in [5.74, 6) is 1.62. The molecule has 1 aliphatic carbocycles. The summed E-state index contributed by atoms with van der Waals surface area (Å²) in [7, 11) is 1.71. The molecule has 2 heteroatoms. The van der Waals surface area contributed by atoms with E-state index < -0.39 is 0 Å². The first kappa shape index (κ1) is 15.0. The fraction of sp³-hybridized carbons (Fsp3) is 0.400. The van der Waals surface area contributed by atoms with Crippen LogP contribution in [-0.4, -0.2) is 7.11 Å². The Bertz CT molecular complexity index is 558. The molecule has 3 rings (SSSR count). The number of benzene rings is 2. The van der Waals surface area contributed by atoms with Crippen LogP contribution in [-0.2, 0) is 0 Å². The first-order valence-corrected chi connectivity index (χ1v) is 8.32. The summed E-state index contributed by atoms with van der Waals surface area (Å²) < 4.78 is 5.25. The molecule has 0 aromatic heterocycles. The molecule has 22 heavy (non-hydrogen) atoms. The van der Waals surface area contributed by atoms with Crippen molar-refractivity contribution in [3.63, 3.8) is 0 Å². The molecular formula is C20H25NO. The van der Waals surface area contributed by atoms with Crippen molar-refractivity contribution in [2.45, 2.75) is 38.1 Å². The van der Waals surface area contributed by atoms with Crippen LogP contribution in [0.4, 0.5) is 5.69 Å². The molecule has 2 aromatic carbocycles. The topological polar surface area (TPSA) is 21.3 Å². The van der Waals surface area contributed by atoms with Gasteiger partial charge >= 0.3 is 0 Å². The Balaban J connectivity index is 1.81. The van der Waals surface area contributed by atoms with E-state index in [0.717, 1.165) is 11.7 Å². The summed E-state index contributed by atoms with van der Waals surface area (Å²) in [6.07, 6.45) is 6.75. The lowest BCUT2D eigenvalue weighted by atomic mass is 9.81. The summed E-state index contributed by atoms with van der Waals surface area (Å²) in [5, 5.41) is 3.76. The maximum absolute atomic E-state index is 5.25. The summed E-state index contributed by atoms with van der Waals surface area (Å²) in [6.45, 7) is 0. The monoisotopic (exact) mass is 295 g/mol. The third kappa shape index (κ3) is 3.62. The SMILES string of the molecule is COc1ccc(N[C@H](c2ccccc2)C2CCCCC2)cc1. The van der Waals surface area contributed by atoms with Crippen molar-refractivity contribution in [1.82, 2.24) is 0 Å². The van der Waals surface area contributed by atoms with Crippen molar-refractivity contribution >= 4 is 5.69 Å². The molecule has 116 valence electrons. The molecule has 2 nitrogen and oxygen atoms in total. The van der Waals surface area contributed by atoms with Crippen LogP contribution in [0.3, 0.4) is 0 Å². The first-order chi connectivity index (χ1) is 10.9. The van der Waals surface area contributed by atoms with E-state index in [0.29, 0.717) is 6.04 Å². The highest BCUT2D eigenvalue weighted by Gasteiger charge is 2.24. The van der Waals surface area contributed by atoms with Gasteiger partial charge in [-0.25, -0.2) is 0 Å². The predicted octanol–water partition coefficient (Wildman–Crippen LogP) is 5.43. The Morgan fingerprint density at radius 3 is 2.23 bits per heavy atom. The fourth-order valence-corrected chi connectivity index (χ4v) is 3.47. The van der Waals surface area contributed by atoms with Gasteiger partial charge in [-0.15, -0.1) is 0 Å². The molecule has 0 aliphatic heterocycles. The standard InChI is InChI=1S/C20H25NO/c1-22-19-14-12-18(13-15-19)21-20(16-8-4-2-5-9-16)17-10-6-3-7-11-17/h2,4-5,8-9,12-15,17,20-21H,3,6-7,10-11H2,1H3/t20-/m1/s1. The smallest absolute Gasteiger partial charge is 0.119 e. The maximum Gasteiger partial charge on any atom is 0.119 e. The highest BCUT2D eigenvalue weighted by atomic mass is 16.5. The van der Waals surface area contributed by atoms with E-state index >= 15 is 0 Å². The number of nitrogens with one attached hydrogen (secondary N) is 1. The number of methoxy groups -OCH3 is 1. The van der Waals surface area contributed by atoms with Gasteiger partial charge in [-0.3, -0.25) is 0 Å². The lowest BCUT2D eigenvalue weighted by Crippen LogP contribution is -2.23. The van der Waals surface area contributed by atoms with Crippen LogP contribution < -0.4 is 10.1 Å². The van der Waals surface area contributed by atoms with E-state index in [1.54, 1.807) is 7.11 Å². The van der Waals surface area contributed by atoms with Crippen molar-refractivity contribution in [3.05, 3.63) is 60.2 Å². The predicted molar refractivity (Wildman–Crippen MR) is 92.4 cm³/mol. The Morgan fingerprint density at radius 1 is 0.909 bits per heavy atom. The first-order valence-electron chi connectivity index (χ1n) is 8.32. The van der Waals surface area contributed by atoms with Gasteiger partial charge in [0.25, 0.3) is 0 Å². The number of anilines is 1. The van der Waals surface area contributed by atoms with Gasteiger partial charge in [-0.2, -0.15) is 0 Å². The third-order valence-electron chi connectivity index (χ3n) is 4.69. The molecule has 1 atom stereocenters. The van der Waals surface area contributed by atoms with Gasteiger partial charge < -0.3 is 10.1 Å². The van der Waals surface area contributed by atoms with Gasteiger partial charge in [0.1, 0.15) is 5.75 Å². The molecule has 1 saturated carbocycles. The van der Waals surface area contributed by atoms with Crippen LogP contribution in [0.2, 0.25) is 0 Å². The lowest BCUT2D eigenvalue weighted by Gasteiger charge is -2.32. The van der Waals surface area contributed by atoms with Gasteiger partial charge in [0.2, 0.25) is 0 Å². The summed E-state index contributed by atoms with van der Waals surface area (Å²) >= 11 is 0. The highest BCUT2D eigenvalue weighted by Crippen LogP contribution is 2.36. The van der Waals surface area contributed by atoms with E-state index in [1.165, 1.54) is 43.4 Å². The zero-order chi connectivity index (χ0) is 15.2. The van der Waals surface area contributed by atoms with Gasteiger partial charge in [0.05, 0.1) is 13.2 Å². The Morgan fingerprint density at radius 2 is 1.59 bits per heavy atom. The Kier molecular flexibility index (Phi) is 4.99. The minimum Gasteiger partial charge on any atom is -0.497 e. The number of hydrogen-bond acceptors (Lipinski definition) is 2. The fourth-order valence-electron chi connectivity index (χ4n) is 3.47. The van der Waals surface area contributed by atoms with Crippen LogP contribution in [0.5, 0.6) is 5.75 Å². The van der Waals surface area contributed by atoms with Gasteiger partial charge in [0, 0.05) is 5.69 Å². The summed E-state index contributed by atoms with van der Waals surface area (Å²) in [6, 6.07) is 19.5. The van der Waals surface area contributed by atoms with Crippen molar-refractivity contribution in [2.24, 2.45) is 5.92 Å². The maximum atomic E-state index is 5.25. The van der Waals surface area contributed by atoms with Crippen LogP contribution in [0.1, 0.15) is 43.7 Å². The molecule has 0 unspecified atom stereocenters. The lowest BCUT2D eigenvalue weighted by molar-refractivity contribution is 0.321. The van der Waals surface area contributed by atoms with Gasteiger partial charge in [0.15, 0.2) is 0 Å². The number of ether oxygens (including phenoxy) is 1. The third-order valence-corrected chi connectivity index (χ3v) is 4.69. The van der Waals surface area contributed by atoms with Gasteiger partial charge in [-0.05, 0) is 48.6 Å². The van der Waals surface area contributed by atoms with Crippen LogP contribution in [0.25, 0.3) is 0 Å². The van der Waals surface area contributed by atoms with E-state index in [1.807, 2.05) is 12.1 Å². The van der Waals surface area contributed by atoms with Gasteiger partial charge in [-0.1, -0.05) is 49.6 Å². The normalized spacial score (nSPS) is 17.0. The van der Waals surface area contributed by atoms with E-state index in [4.69, 9.17) is 4.74 Å². The molecule has 0 amide bonds. The van der Waals surface area contributed by atoms with Crippen molar-refractivity contribution in [1.29, 1.82) is 0 Å².